The van der Waals surface area contributed by atoms with Gasteiger partial charge in [0.2, 0.25) is 0 Å². The zero-order valence-electron chi connectivity index (χ0n) is 13.4. The number of nitriles is 1. The SMILES string of the molecule is COc1cccc2c1C(N=C1Nc3ccc(C#N)cc3CO1)CC2. The van der Waals surface area contributed by atoms with Crippen molar-refractivity contribution in [1.82, 2.24) is 0 Å². The molecule has 120 valence electrons. The van der Waals surface area contributed by atoms with Crippen LogP contribution in [0, 0.1) is 11.3 Å². The summed E-state index contributed by atoms with van der Waals surface area (Å²) in [5.41, 5.74) is 4.99. The number of aliphatic imine (C=N–C) groups is 1. The number of benzene rings is 2. The predicted molar refractivity (Wildman–Crippen MR) is 91.1 cm³/mol. The molecule has 0 radical (unpaired) electrons. The fraction of sp³-hybridized carbons (Fsp3) is 0.263. The third-order valence-electron chi connectivity index (χ3n) is 4.51. The van der Waals surface area contributed by atoms with Crippen molar-refractivity contribution >= 4 is 11.7 Å². The van der Waals surface area contributed by atoms with Crippen molar-refractivity contribution in [2.24, 2.45) is 4.99 Å². The Balaban J connectivity index is 1.62. The van der Waals surface area contributed by atoms with Crippen LogP contribution < -0.4 is 10.1 Å². The molecule has 2 aromatic rings. The number of hydrogen-bond donors (Lipinski definition) is 1. The minimum atomic E-state index is 0.0404. The first-order chi connectivity index (χ1) is 11.8. The average molecular weight is 319 g/mol. The van der Waals surface area contributed by atoms with Crippen molar-refractivity contribution in [2.45, 2.75) is 25.5 Å². The predicted octanol–water partition coefficient (Wildman–Crippen LogP) is 3.55. The Bertz CT molecular complexity index is 867. The first kappa shape index (κ1) is 14.6. The van der Waals surface area contributed by atoms with E-state index in [-0.39, 0.29) is 6.04 Å². The molecule has 0 bridgehead atoms. The lowest BCUT2D eigenvalue weighted by Crippen LogP contribution is -2.23. The number of ether oxygens (including phenoxy) is 2. The van der Waals surface area contributed by atoms with Crippen LogP contribution in [-0.4, -0.2) is 13.1 Å². The number of anilines is 1. The molecule has 4 rings (SSSR count). The van der Waals surface area contributed by atoms with Crippen LogP contribution in [-0.2, 0) is 17.8 Å². The van der Waals surface area contributed by atoms with Gasteiger partial charge in [0, 0.05) is 16.8 Å². The molecule has 0 saturated carbocycles. The van der Waals surface area contributed by atoms with E-state index >= 15 is 0 Å². The van der Waals surface area contributed by atoms with Crippen molar-refractivity contribution in [3.63, 3.8) is 0 Å². The van der Waals surface area contributed by atoms with E-state index in [2.05, 4.69) is 17.5 Å². The maximum Gasteiger partial charge on any atom is 0.290 e. The van der Waals surface area contributed by atoms with Gasteiger partial charge in [-0.15, -0.1) is 0 Å². The van der Waals surface area contributed by atoms with Crippen LogP contribution in [0.15, 0.2) is 41.4 Å². The molecule has 1 aliphatic heterocycles. The quantitative estimate of drug-likeness (QED) is 0.919. The zero-order chi connectivity index (χ0) is 16.5. The summed E-state index contributed by atoms with van der Waals surface area (Å²) in [7, 11) is 1.69. The Morgan fingerprint density at radius 3 is 3.04 bits per heavy atom. The number of rotatable bonds is 2. The molecule has 0 saturated heterocycles. The lowest BCUT2D eigenvalue weighted by Gasteiger charge is -2.22. The molecule has 2 aromatic carbocycles. The van der Waals surface area contributed by atoms with Gasteiger partial charge in [0.15, 0.2) is 0 Å². The fourth-order valence-corrected chi connectivity index (χ4v) is 3.34. The maximum absolute atomic E-state index is 8.98. The van der Waals surface area contributed by atoms with Crippen molar-refractivity contribution in [3.05, 3.63) is 58.7 Å². The lowest BCUT2D eigenvalue weighted by atomic mass is 10.1. The Hall–Kier alpha value is -3.00. The summed E-state index contributed by atoms with van der Waals surface area (Å²) in [6.07, 6.45) is 1.95. The number of hydrogen-bond acceptors (Lipinski definition) is 4. The summed E-state index contributed by atoms with van der Waals surface area (Å²) in [6, 6.07) is 14.4. The van der Waals surface area contributed by atoms with Gasteiger partial charge >= 0.3 is 0 Å². The summed E-state index contributed by atoms with van der Waals surface area (Å²) < 4.78 is 11.2. The van der Waals surface area contributed by atoms with Gasteiger partial charge in [-0.1, -0.05) is 12.1 Å². The molecule has 0 aromatic heterocycles. The van der Waals surface area contributed by atoms with Gasteiger partial charge in [-0.3, -0.25) is 0 Å². The second-order valence-electron chi connectivity index (χ2n) is 5.92. The van der Waals surface area contributed by atoms with E-state index in [0.29, 0.717) is 18.2 Å². The van der Waals surface area contributed by atoms with Crippen LogP contribution in [0.4, 0.5) is 5.69 Å². The molecule has 1 unspecified atom stereocenters. The molecule has 1 heterocycles. The summed E-state index contributed by atoms with van der Waals surface area (Å²) in [6.45, 7) is 0.419. The summed E-state index contributed by atoms with van der Waals surface area (Å²) in [4.78, 5) is 4.76. The molecule has 24 heavy (non-hydrogen) atoms. The smallest absolute Gasteiger partial charge is 0.290 e. The standard InChI is InChI=1S/C19H17N3O2/c1-23-17-4-2-3-13-6-8-16(18(13)17)22-19-21-15-7-5-12(10-20)9-14(15)11-24-19/h2-5,7,9,16H,6,8,11H2,1H3,(H,21,22). The second kappa shape index (κ2) is 5.89. The number of amidine groups is 1. The van der Waals surface area contributed by atoms with Crippen molar-refractivity contribution in [3.8, 4) is 11.8 Å². The molecular weight excluding hydrogens is 302 g/mol. The highest BCUT2D eigenvalue weighted by Gasteiger charge is 2.27. The minimum Gasteiger partial charge on any atom is -0.496 e. The average Bonchev–Trinajstić information content (AvgIpc) is 3.04. The third kappa shape index (κ3) is 2.46. The van der Waals surface area contributed by atoms with Crippen LogP contribution >= 0.6 is 0 Å². The van der Waals surface area contributed by atoms with Gasteiger partial charge in [-0.25, -0.2) is 4.99 Å². The highest BCUT2D eigenvalue weighted by atomic mass is 16.5. The Labute approximate surface area is 140 Å². The van der Waals surface area contributed by atoms with Gasteiger partial charge in [0.05, 0.1) is 24.8 Å². The highest BCUT2D eigenvalue weighted by molar-refractivity contribution is 5.91. The molecule has 5 nitrogen and oxygen atoms in total. The van der Waals surface area contributed by atoms with Crippen LogP contribution in [0.3, 0.4) is 0 Å². The van der Waals surface area contributed by atoms with E-state index in [4.69, 9.17) is 19.7 Å². The zero-order valence-corrected chi connectivity index (χ0v) is 13.4. The molecule has 0 fully saturated rings. The molecule has 0 spiro atoms. The molecular formula is C19H17N3O2. The summed E-state index contributed by atoms with van der Waals surface area (Å²) >= 11 is 0. The first-order valence-electron chi connectivity index (χ1n) is 7.95. The number of fused-ring (bicyclic) bond motifs is 2. The maximum atomic E-state index is 8.98. The summed E-state index contributed by atoms with van der Waals surface area (Å²) in [5, 5.41) is 12.2. The number of aryl methyl sites for hydroxylation is 1. The molecule has 1 aliphatic carbocycles. The van der Waals surface area contributed by atoms with E-state index in [1.165, 1.54) is 5.56 Å². The highest BCUT2D eigenvalue weighted by Crippen LogP contribution is 2.40. The van der Waals surface area contributed by atoms with Crippen LogP contribution in [0.5, 0.6) is 5.75 Å². The van der Waals surface area contributed by atoms with Gasteiger partial charge in [0.25, 0.3) is 6.02 Å². The van der Waals surface area contributed by atoms with Gasteiger partial charge < -0.3 is 14.8 Å². The van der Waals surface area contributed by atoms with Crippen LogP contribution in [0.1, 0.15) is 34.7 Å². The van der Waals surface area contributed by atoms with Gasteiger partial charge in [-0.2, -0.15) is 5.26 Å². The van der Waals surface area contributed by atoms with Crippen molar-refractivity contribution in [2.75, 3.05) is 12.4 Å². The molecule has 1 atom stereocenters. The van der Waals surface area contributed by atoms with E-state index in [9.17, 15) is 0 Å². The molecule has 2 aliphatic rings. The van der Waals surface area contributed by atoms with Crippen LogP contribution in [0.2, 0.25) is 0 Å². The van der Waals surface area contributed by atoms with Gasteiger partial charge in [0.1, 0.15) is 12.4 Å². The monoisotopic (exact) mass is 319 g/mol. The Kier molecular flexibility index (Phi) is 3.58. The number of methoxy groups -OCH3 is 1. The third-order valence-corrected chi connectivity index (χ3v) is 4.51. The fourth-order valence-electron chi connectivity index (χ4n) is 3.34. The number of nitrogens with zero attached hydrogens (tertiary/aromatic N) is 2. The van der Waals surface area contributed by atoms with E-state index in [0.717, 1.165) is 35.4 Å². The van der Waals surface area contributed by atoms with E-state index in [1.54, 1.807) is 13.2 Å². The number of nitrogens with one attached hydrogen (secondary N) is 1. The Morgan fingerprint density at radius 2 is 2.21 bits per heavy atom. The van der Waals surface area contributed by atoms with Crippen molar-refractivity contribution < 1.29 is 9.47 Å². The molecule has 1 N–H and O–H groups in total. The van der Waals surface area contributed by atoms with Gasteiger partial charge in [-0.05, 0) is 42.7 Å². The first-order valence-corrected chi connectivity index (χ1v) is 7.95. The van der Waals surface area contributed by atoms with Crippen molar-refractivity contribution in [1.29, 1.82) is 5.26 Å². The largest absolute Gasteiger partial charge is 0.496 e. The van der Waals surface area contributed by atoms with E-state index in [1.807, 2.05) is 24.3 Å². The minimum absolute atomic E-state index is 0.0404. The summed E-state index contributed by atoms with van der Waals surface area (Å²) in [5.74, 6) is 0.884. The molecule has 0 amide bonds. The second-order valence-corrected chi connectivity index (χ2v) is 5.92. The lowest BCUT2D eigenvalue weighted by molar-refractivity contribution is 0.282. The van der Waals surface area contributed by atoms with Crippen LogP contribution in [0.25, 0.3) is 0 Å². The molecule has 5 heteroatoms. The topological polar surface area (TPSA) is 66.6 Å². The Morgan fingerprint density at radius 1 is 1.29 bits per heavy atom. The van der Waals surface area contributed by atoms with E-state index < -0.39 is 0 Å². The normalized spacial score (nSPS) is 19.7.